The van der Waals surface area contributed by atoms with E-state index < -0.39 is 0 Å². The normalized spacial score (nSPS) is 14.6. The molecule has 1 aliphatic rings. The van der Waals surface area contributed by atoms with Crippen molar-refractivity contribution in [1.82, 2.24) is 0 Å². The minimum absolute atomic E-state index is 0.0162. The first-order valence-corrected chi connectivity index (χ1v) is 2.20. The Bertz CT molecular complexity index is 200. The van der Waals surface area contributed by atoms with E-state index in [9.17, 15) is 4.79 Å². The summed E-state index contributed by atoms with van der Waals surface area (Å²) in [7, 11) is 0. The van der Waals surface area contributed by atoms with E-state index in [0.717, 1.165) is 0 Å². The van der Waals surface area contributed by atoms with Crippen molar-refractivity contribution in [3.05, 3.63) is 0 Å². The molecule has 6 heteroatoms. The molecule has 1 rings (SSSR count). The Labute approximate surface area is 50.4 Å². The first-order chi connectivity index (χ1) is 4.29. The van der Waals surface area contributed by atoms with E-state index in [4.69, 9.17) is 0 Å². The van der Waals surface area contributed by atoms with E-state index in [1.165, 1.54) is 6.92 Å². The number of nitrogens with zero attached hydrogens (tertiary/aromatic N) is 5. The maximum absolute atomic E-state index is 10.2. The van der Waals surface area contributed by atoms with Crippen LogP contribution in [0.3, 0.4) is 0 Å². The second kappa shape index (κ2) is 2.21. The number of aliphatic imine (C=N–C) groups is 1. The molecule has 0 N–H and O–H groups in total. The molecule has 0 saturated carbocycles. The van der Waals surface area contributed by atoms with Crippen LogP contribution in [0.2, 0.25) is 0 Å². The van der Waals surface area contributed by atoms with Gasteiger partial charge in [-0.3, -0.25) is 4.79 Å². The second-order valence-corrected chi connectivity index (χ2v) is 1.31. The van der Waals surface area contributed by atoms with Gasteiger partial charge >= 0.3 is 0 Å². The van der Waals surface area contributed by atoms with Crippen LogP contribution in [0.4, 0.5) is 0 Å². The van der Waals surface area contributed by atoms with Crippen LogP contribution in [0.1, 0.15) is 6.92 Å². The van der Waals surface area contributed by atoms with Gasteiger partial charge in [-0.05, 0) is 10.4 Å². The van der Waals surface area contributed by atoms with Crippen LogP contribution in [0.5, 0.6) is 0 Å². The van der Waals surface area contributed by atoms with Gasteiger partial charge in [-0.2, -0.15) is 4.99 Å². The van der Waals surface area contributed by atoms with Gasteiger partial charge < -0.3 is 0 Å². The van der Waals surface area contributed by atoms with Crippen LogP contribution >= 0.6 is 0 Å². The molecule has 0 radical (unpaired) electrons. The Kier molecular flexibility index (Phi) is 1.39. The van der Waals surface area contributed by atoms with Crippen LogP contribution in [-0.2, 0) is 4.79 Å². The molecule has 46 valence electrons. The number of hydrogen-bond donors (Lipinski definition) is 0. The number of carbonyl (C=O) groups excluding carboxylic acids is 1. The summed E-state index contributed by atoms with van der Waals surface area (Å²) in [5.41, 5.74) is 0. The first kappa shape index (κ1) is 5.67. The standard InChI is InChI=1S/C3H3N5O/c1-2(9)4-3-5-7-8-6-3/h1H3. The summed E-state index contributed by atoms with van der Waals surface area (Å²) in [4.78, 5) is 13.5. The summed E-state index contributed by atoms with van der Waals surface area (Å²) in [5, 5.41) is 12.8. The minimum Gasteiger partial charge on any atom is -0.273 e. The van der Waals surface area contributed by atoms with Crippen LogP contribution in [-0.4, -0.2) is 11.9 Å². The van der Waals surface area contributed by atoms with Crippen molar-refractivity contribution in [2.75, 3.05) is 0 Å². The number of guanidine groups is 1. The molecule has 0 unspecified atom stereocenters. The number of rotatable bonds is 0. The van der Waals surface area contributed by atoms with Crippen LogP contribution < -0.4 is 0 Å². The van der Waals surface area contributed by atoms with Crippen LogP contribution in [0.25, 0.3) is 0 Å². The zero-order chi connectivity index (χ0) is 6.69. The molecule has 1 heterocycles. The van der Waals surface area contributed by atoms with E-state index in [1.54, 1.807) is 0 Å². The minimum atomic E-state index is -0.357. The van der Waals surface area contributed by atoms with Crippen molar-refractivity contribution in [2.45, 2.75) is 6.92 Å². The molecule has 0 fully saturated rings. The summed E-state index contributed by atoms with van der Waals surface area (Å²) in [5.74, 6) is -0.340. The Morgan fingerprint density at radius 2 is 2.00 bits per heavy atom. The molecule has 0 aromatic rings. The van der Waals surface area contributed by atoms with E-state index in [-0.39, 0.29) is 11.9 Å². The molecular weight excluding hydrogens is 122 g/mol. The van der Waals surface area contributed by atoms with E-state index >= 15 is 0 Å². The highest BCUT2D eigenvalue weighted by Crippen LogP contribution is 1.96. The van der Waals surface area contributed by atoms with Gasteiger partial charge in [-0.1, -0.05) is 10.2 Å². The third kappa shape index (κ3) is 1.48. The molecule has 6 nitrogen and oxygen atoms in total. The number of amides is 1. The Balaban J connectivity index is 2.73. The van der Waals surface area contributed by atoms with Crippen molar-refractivity contribution in [2.24, 2.45) is 25.7 Å². The molecule has 1 aliphatic heterocycles. The predicted molar refractivity (Wildman–Crippen MR) is 27.8 cm³/mol. The molecule has 0 atom stereocenters. The average molecular weight is 125 g/mol. The molecule has 0 spiro atoms. The lowest BCUT2D eigenvalue weighted by Crippen LogP contribution is -1.89. The predicted octanol–water partition coefficient (Wildman–Crippen LogP) is 0.722. The fourth-order valence-corrected chi connectivity index (χ4v) is 0.326. The van der Waals surface area contributed by atoms with Gasteiger partial charge in [-0.25, -0.2) is 0 Å². The highest BCUT2D eigenvalue weighted by Gasteiger charge is 1.99. The van der Waals surface area contributed by atoms with E-state index in [0.29, 0.717) is 0 Å². The van der Waals surface area contributed by atoms with E-state index in [1.807, 2.05) is 0 Å². The van der Waals surface area contributed by atoms with Crippen molar-refractivity contribution in [3.63, 3.8) is 0 Å². The van der Waals surface area contributed by atoms with Gasteiger partial charge in [0, 0.05) is 6.92 Å². The Hall–Kier alpha value is -1.46. The number of hydrogen-bond acceptors (Lipinski definition) is 3. The molecule has 0 aliphatic carbocycles. The molecule has 0 aromatic carbocycles. The zero-order valence-electron chi connectivity index (χ0n) is 4.64. The molecule has 0 aromatic heterocycles. The van der Waals surface area contributed by atoms with Gasteiger partial charge in [0.25, 0.3) is 5.96 Å². The Morgan fingerprint density at radius 3 is 2.44 bits per heavy atom. The Morgan fingerprint density at radius 1 is 1.44 bits per heavy atom. The molecule has 1 amide bonds. The van der Waals surface area contributed by atoms with Crippen LogP contribution in [0, 0.1) is 0 Å². The van der Waals surface area contributed by atoms with Gasteiger partial charge in [0.05, 0.1) is 0 Å². The van der Waals surface area contributed by atoms with Gasteiger partial charge in [0.15, 0.2) is 0 Å². The highest BCUT2D eigenvalue weighted by atomic mass is 16.1. The smallest absolute Gasteiger partial charge is 0.273 e. The zero-order valence-corrected chi connectivity index (χ0v) is 4.64. The average Bonchev–Trinajstić information content (AvgIpc) is 2.15. The van der Waals surface area contributed by atoms with Crippen molar-refractivity contribution in [3.8, 4) is 0 Å². The monoisotopic (exact) mass is 125 g/mol. The molecule has 9 heavy (non-hydrogen) atoms. The summed E-state index contributed by atoms with van der Waals surface area (Å²) < 4.78 is 0. The third-order valence-corrected chi connectivity index (χ3v) is 0.566. The maximum Gasteiger partial charge on any atom is 0.294 e. The topological polar surface area (TPSA) is 78.9 Å². The fraction of sp³-hybridized carbons (Fsp3) is 0.333. The van der Waals surface area contributed by atoms with Gasteiger partial charge in [0.1, 0.15) is 0 Å². The molecular formula is C3H3N5O. The van der Waals surface area contributed by atoms with Gasteiger partial charge in [-0.15, -0.1) is 0 Å². The lowest BCUT2D eigenvalue weighted by Gasteiger charge is -1.76. The lowest BCUT2D eigenvalue weighted by molar-refractivity contribution is -0.115. The van der Waals surface area contributed by atoms with Crippen molar-refractivity contribution < 1.29 is 4.79 Å². The molecule has 0 saturated heterocycles. The largest absolute Gasteiger partial charge is 0.294 e. The fourth-order valence-electron chi connectivity index (χ4n) is 0.326. The third-order valence-electron chi connectivity index (χ3n) is 0.566. The maximum atomic E-state index is 10.2. The summed E-state index contributed by atoms with van der Waals surface area (Å²) in [6.07, 6.45) is 0. The van der Waals surface area contributed by atoms with Crippen molar-refractivity contribution in [1.29, 1.82) is 0 Å². The second-order valence-electron chi connectivity index (χ2n) is 1.31. The quantitative estimate of drug-likeness (QED) is 0.469. The first-order valence-electron chi connectivity index (χ1n) is 2.20. The lowest BCUT2D eigenvalue weighted by atomic mass is 10.7. The molecule has 0 bridgehead atoms. The van der Waals surface area contributed by atoms with Crippen molar-refractivity contribution >= 4 is 11.9 Å². The summed E-state index contributed by atoms with van der Waals surface area (Å²) in [6.45, 7) is 1.30. The van der Waals surface area contributed by atoms with E-state index in [2.05, 4.69) is 25.7 Å². The highest BCUT2D eigenvalue weighted by molar-refractivity contribution is 5.92. The SMILES string of the molecule is CC(=O)N=C1N=NN=N1. The summed E-state index contributed by atoms with van der Waals surface area (Å²) >= 11 is 0. The van der Waals surface area contributed by atoms with Crippen LogP contribution in [0.15, 0.2) is 25.7 Å². The van der Waals surface area contributed by atoms with Gasteiger partial charge in [0.2, 0.25) is 5.91 Å². The summed E-state index contributed by atoms with van der Waals surface area (Å²) in [6, 6.07) is 0. The number of carbonyl (C=O) groups is 1.